The number of rotatable bonds is 7. The zero-order valence-electron chi connectivity index (χ0n) is 30.6. The minimum absolute atomic E-state index is 0. The second-order valence-electron chi connectivity index (χ2n) is 12.2. The smallest absolute Gasteiger partial charge is 0.411 e. The van der Waals surface area contributed by atoms with E-state index in [9.17, 15) is 13.2 Å². The Bertz CT molecular complexity index is 1890. The van der Waals surface area contributed by atoms with E-state index in [4.69, 9.17) is 56.4 Å². The van der Waals surface area contributed by atoms with Gasteiger partial charge in [-0.1, -0.05) is 143 Å². The van der Waals surface area contributed by atoms with Gasteiger partial charge in [-0.3, -0.25) is 0 Å². The quantitative estimate of drug-likeness (QED) is 0.114. The SMILES string of the molecule is C.C.C=C(c1cc(Cl)cc(Cl)c1)C(F)(F)F.CCN(CC)CC.Cc1cc(/C=N/O)ccc1Br.Cc1cc(C2=NOC(C)(c3cc(Cl)cc(Cl)c3)C2)ccc1Br. The Balaban J connectivity index is 0.000000773. The van der Waals surface area contributed by atoms with Crippen molar-refractivity contribution in [3.05, 3.63) is 142 Å². The van der Waals surface area contributed by atoms with Gasteiger partial charge in [0.25, 0.3) is 0 Å². The molecule has 1 aliphatic heterocycles. The predicted molar refractivity (Wildman–Crippen MR) is 242 cm³/mol. The van der Waals surface area contributed by atoms with E-state index in [1.54, 1.807) is 6.07 Å². The van der Waals surface area contributed by atoms with Gasteiger partial charge in [0.2, 0.25) is 0 Å². The molecule has 308 valence electrons. The molecule has 0 bridgehead atoms. The molecule has 1 heterocycles. The van der Waals surface area contributed by atoms with Gasteiger partial charge in [-0.15, -0.1) is 0 Å². The van der Waals surface area contributed by atoms with E-state index >= 15 is 0 Å². The standard InChI is InChI=1S/C17H14BrCl2NO.C9H5Cl2F3.C8H8BrNO.C6H15N.2CH4/c1-10-5-11(3-4-15(10)18)16-9-17(2,22-21-16)12-6-13(19)8-14(20)7-12;1-5(9(12,13)14)6-2-7(10)4-8(11)3-6;1-6-4-7(5-10-11)2-3-8(6)9;1-4-7(5-2)6-3;;/h3-8H,9H2,1-2H3;2-4H,1H2;2-5,11H,1H3;4-6H2,1-3H3;2*1H4/b;;10-5+;;;. The van der Waals surface area contributed by atoms with E-state index in [-0.39, 0.29) is 30.5 Å². The Morgan fingerprint density at radius 3 is 1.71 bits per heavy atom. The van der Waals surface area contributed by atoms with E-state index in [0.717, 1.165) is 36.9 Å². The topological polar surface area (TPSA) is 57.4 Å². The first-order chi connectivity index (χ1) is 25.3. The molecule has 56 heavy (non-hydrogen) atoms. The van der Waals surface area contributed by atoms with Crippen molar-refractivity contribution >= 4 is 95.8 Å². The second kappa shape index (κ2) is 25.0. The molecule has 0 fully saturated rings. The Labute approximate surface area is 367 Å². The van der Waals surface area contributed by atoms with Crippen LogP contribution >= 0.6 is 78.3 Å². The van der Waals surface area contributed by atoms with E-state index in [1.807, 2.05) is 56.3 Å². The molecule has 0 spiro atoms. The highest BCUT2D eigenvalue weighted by molar-refractivity contribution is 9.10. The van der Waals surface area contributed by atoms with Crippen LogP contribution < -0.4 is 0 Å². The third-order valence-corrected chi connectivity index (χ3v) is 10.8. The lowest BCUT2D eigenvalue weighted by atomic mass is 9.89. The van der Waals surface area contributed by atoms with Crippen LogP contribution in [-0.2, 0) is 10.4 Å². The van der Waals surface area contributed by atoms with Gasteiger partial charge in [-0.05, 0) is 129 Å². The van der Waals surface area contributed by atoms with E-state index in [1.165, 1.54) is 49.6 Å². The van der Waals surface area contributed by atoms with Crippen molar-refractivity contribution in [2.24, 2.45) is 10.3 Å². The molecule has 0 aromatic heterocycles. The van der Waals surface area contributed by atoms with Crippen LogP contribution in [0.1, 0.15) is 82.3 Å². The summed E-state index contributed by atoms with van der Waals surface area (Å²) in [6.45, 7) is 19.1. The number of allylic oxidation sites excluding steroid dienone is 1. The van der Waals surface area contributed by atoms with Crippen LogP contribution in [-0.4, -0.2) is 47.8 Å². The third-order valence-electron chi connectivity index (χ3n) is 8.11. The van der Waals surface area contributed by atoms with Crippen LogP contribution in [0.2, 0.25) is 20.1 Å². The Morgan fingerprint density at radius 1 is 0.839 bits per heavy atom. The van der Waals surface area contributed by atoms with Crippen LogP contribution in [0, 0.1) is 13.8 Å². The molecule has 1 atom stereocenters. The maximum atomic E-state index is 12.2. The fraction of sp³-hybridized carbons (Fsp3) is 0.333. The molecule has 1 aliphatic rings. The molecule has 0 radical (unpaired) electrons. The van der Waals surface area contributed by atoms with Crippen LogP contribution in [0.25, 0.3) is 5.57 Å². The summed E-state index contributed by atoms with van der Waals surface area (Å²) >= 11 is 30.2. The van der Waals surface area contributed by atoms with Gasteiger partial charge in [0.05, 0.1) is 17.5 Å². The van der Waals surface area contributed by atoms with Crippen molar-refractivity contribution in [1.82, 2.24) is 4.90 Å². The number of nitrogens with zero attached hydrogens (tertiary/aromatic N) is 3. The normalized spacial score (nSPS) is 14.4. The van der Waals surface area contributed by atoms with Gasteiger partial charge in [0, 0.05) is 41.0 Å². The molecule has 0 aliphatic carbocycles. The lowest BCUT2D eigenvalue weighted by Gasteiger charge is -2.22. The van der Waals surface area contributed by atoms with Crippen LogP contribution in [0.3, 0.4) is 0 Å². The number of hydrogen-bond acceptors (Lipinski definition) is 5. The summed E-state index contributed by atoms with van der Waals surface area (Å²) in [5, 5.41) is 17.0. The largest absolute Gasteiger partial charge is 0.416 e. The summed E-state index contributed by atoms with van der Waals surface area (Å²) in [6.07, 6.45) is -2.39. The molecule has 0 amide bonds. The minimum Gasteiger partial charge on any atom is -0.411 e. The van der Waals surface area contributed by atoms with Gasteiger partial charge in [0.1, 0.15) is 0 Å². The van der Waals surface area contributed by atoms with E-state index in [0.29, 0.717) is 16.5 Å². The highest BCUT2D eigenvalue weighted by atomic mass is 79.9. The first-order valence-corrected chi connectivity index (χ1v) is 19.7. The summed E-state index contributed by atoms with van der Waals surface area (Å²) in [4.78, 5) is 8.11. The first kappa shape index (κ1) is 53.4. The van der Waals surface area contributed by atoms with Crippen molar-refractivity contribution in [1.29, 1.82) is 0 Å². The third kappa shape index (κ3) is 17.1. The van der Waals surface area contributed by atoms with Crippen LogP contribution in [0.15, 0.2) is 98.6 Å². The van der Waals surface area contributed by atoms with Crippen molar-refractivity contribution in [2.45, 2.75) is 74.6 Å². The number of hydrogen-bond donors (Lipinski definition) is 1. The number of halogens is 9. The van der Waals surface area contributed by atoms with Crippen molar-refractivity contribution in [2.75, 3.05) is 19.6 Å². The van der Waals surface area contributed by atoms with Crippen molar-refractivity contribution < 1.29 is 23.2 Å². The van der Waals surface area contributed by atoms with Crippen LogP contribution in [0.4, 0.5) is 13.2 Å². The summed E-state index contributed by atoms with van der Waals surface area (Å²) in [7, 11) is 0. The average Bonchev–Trinajstić information content (AvgIpc) is 3.51. The van der Waals surface area contributed by atoms with Crippen molar-refractivity contribution in [3.8, 4) is 0 Å². The molecule has 4 aromatic rings. The van der Waals surface area contributed by atoms with Crippen molar-refractivity contribution in [3.63, 3.8) is 0 Å². The lowest BCUT2D eigenvalue weighted by molar-refractivity contribution is -0.0686. The number of benzene rings is 4. The predicted octanol–water partition coefficient (Wildman–Crippen LogP) is 15.9. The maximum Gasteiger partial charge on any atom is 0.416 e. The molecule has 5 rings (SSSR count). The zero-order chi connectivity index (χ0) is 40.8. The summed E-state index contributed by atoms with van der Waals surface area (Å²) in [6, 6.07) is 21.1. The van der Waals surface area contributed by atoms with Gasteiger partial charge in [0.15, 0.2) is 5.60 Å². The van der Waals surface area contributed by atoms with E-state index < -0.39 is 17.4 Å². The van der Waals surface area contributed by atoms with Gasteiger partial charge >= 0.3 is 6.18 Å². The second-order valence-corrected chi connectivity index (χ2v) is 15.6. The lowest BCUT2D eigenvalue weighted by Crippen LogP contribution is -2.22. The zero-order valence-corrected chi connectivity index (χ0v) is 36.8. The first-order valence-electron chi connectivity index (χ1n) is 16.6. The average molecular weight is 987 g/mol. The highest BCUT2D eigenvalue weighted by Gasteiger charge is 2.37. The summed E-state index contributed by atoms with van der Waals surface area (Å²) in [5.41, 5.74) is 4.49. The van der Waals surface area contributed by atoms with Gasteiger partial charge in [-0.2, -0.15) is 13.2 Å². The van der Waals surface area contributed by atoms with E-state index in [2.05, 4.69) is 87.4 Å². The monoisotopic (exact) mass is 983 g/mol. The molecular weight excluding hydrogens is 937 g/mol. The fourth-order valence-corrected chi connectivity index (χ4v) is 6.46. The Morgan fingerprint density at radius 2 is 1.30 bits per heavy atom. The number of alkyl halides is 3. The Hall–Kier alpha value is -2.57. The molecule has 4 aromatic carbocycles. The highest BCUT2D eigenvalue weighted by Crippen LogP contribution is 2.39. The maximum absolute atomic E-state index is 12.2. The molecule has 0 saturated heterocycles. The summed E-state index contributed by atoms with van der Waals surface area (Å²) in [5.74, 6) is 0. The number of aryl methyl sites for hydroxylation is 2. The van der Waals surface area contributed by atoms with Gasteiger partial charge < -0.3 is 14.9 Å². The summed E-state index contributed by atoms with van der Waals surface area (Å²) < 4.78 is 38.8. The van der Waals surface area contributed by atoms with Gasteiger partial charge in [-0.25, -0.2) is 0 Å². The molecule has 14 heteroatoms. The molecule has 5 nitrogen and oxygen atoms in total. The molecular formula is C42H50Br2Cl4F3N3O2. The molecule has 1 N–H and O–H groups in total. The Kier molecular flexibility index (Phi) is 23.9. The van der Waals surface area contributed by atoms with Crippen LogP contribution in [0.5, 0.6) is 0 Å². The fourth-order valence-electron chi connectivity index (χ4n) is 4.91. The minimum atomic E-state index is -4.46. The number of oxime groups is 2. The molecule has 0 saturated carbocycles. The molecule has 1 unspecified atom stereocenters.